The average molecular weight is 597 g/mol. The number of piperazine rings is 1. The smallest absolute Gasteiger partial charge is 0.434 e. The number of anilines is 2. The summed E-state index contributed by atoms with van der Waals surface area (Å²) in [6.45, 7) is 11.5. The molecule has 224 valence electrons. The molecule has 0 N–H and O–H groups in total. The van der Waals surface area contributed by atoms with Crippen LogP contribution in [0.2, 0.25) is 0 Å². The Morgan fingerprint density at radius 3 is 2.27 bits per heavy atom. The van der Waals surface area contributed by atoms with Crippen LogP contribution < -0.4 is 9.80 Å². The van der Waals surface area contributed by atoms with Crippen LogP contribution in [0.25, 0.3) is 0 Å². The molecule has 1 atom stereocenters. The van der Waals surface area contributed by atoms with Gasteiger partial charge in [0.2, 0.25) is 0 Å². The van der Waals surface area contributed by atoms with Gasteiger partial charge in [0.25, 0.3) is 0 Å². The van der Waals surface area contributed by atoms with Gasteiger partial charge in [0, 0.05) is 69.5 Å². The number of nitrogens with zero attached hydrogens (tertiary/aromatic N) is 6. The third kappa shape index (κ3) is 6.08. The molecule has 3 saturated heterocycles. The highest BCUT2D eigenvalue weighted by molar-refractivity contribution is 6.31. The summed E-state index contributed by atoms with van der Waals surface area (Å²) in [5.74, 6) is 0.196. The molecule has 0 aliphatic carbocycles. The van der Waals surface area contributed by atoms with E-state index >= 15 is 0 Å². The van der Waals surface area contributed by atoms with Gasteiger partial charge in [-0.3, -0.25) is 4.90 Å². The van der Waals surface area contributed by atoms with Crippen LogP contribution >= 0.6 is 11.6 Å². The van der Waals surface area contributed by atoms with E-state index in [4.69, 9.17) is 21.1 Å². The molecule has 1 amide bonds. The second-order valence-corrected chi connectivity index (χ2v) is 12.6. The summed E-state index contributed by atoms with van der Waals surface area (Å²) in [7, 11) is 0. The molecular formula is C28H36ClF3N6O3. The van der Waals surface area contributed by atoms with Crippen LogP contribution in [0.4, 0.5) is 29.5 Å². The number of aromatic nitrogens is 1. The number of hydrogen-bond donors (Lipinski definition) is 0. The summed E-state index contributed by atoms with van der Waals surface area (Å²) >= 11 is 6.46. The molecule has 41 heavy (non-hydrogen) atoms. The Kier molecular flexibility index (Phi) is 7.85. The van der Waals surface area contributed by atoms with Crippen molar-refractivity contribution in [2.75, 3.05) is 62.2 Å². The van der Waals surface area contributed by atoms with Gasteiger partial charge in [-0.25, -0.2) is 9.78 Å². The third-order valence-electron chi connectivity index (χ3n) is 8.17. The van der Waals surface area contributed by atoms with Crippen molar-refractivity contribution < 1.29 is 27.4 Å². The molecule has 4 aliphatic rings. The maximum atomic E-state index is 14.1. The van der Waals surface area contributed by atoms with E-state index in [9.17, 15) is 23.2 Å². The molecule has 5 heterocycles. The van der Waals surface area contributed by atoms with E-state index in [1.54, 1.807) is 17.0 Å². The van der Waals surface area contributed by atoms with Crippen LogP contribution in [-0.4, -0.2) is 96.6 Å². The van der Waals surface area contributed by atoms with Gasteiger partial charge in [-0.15, -0.1) is 0 Å². The normalized spacial score (nSPS) is 23.8. The maximum absolute atomic E-state index is 14.1. The van der Waals surface area contributed by atoms with Crippen LogP contribution in [0.1, 0.15) is 51.8 Å². The molecule has 1 unspecified atom stereocenters. The van der Waals surface area contributed by atoms with Crippen molar-refractivity contribution >= 4 is 29.2 Å². The first-order chi connectivity index (χ1) is 19.2. The molecule has 5 rings (SSSR count). The van der Waals surface area contributed by atoms with Crippen LogP contribution in [0.3, 0.4) is 0 Å². The van der Waals surface area contributed by atoms with E-state index in [-0.39, 0.29) is 29.7 Å². The van der Waals surface area contributed by atoms with Crippen LogP contribution in [0.5, 0.6) is 0 Å². The lowest BCUT2D eigenvalue weighted by Gasteiger charge is -2.49. The largest absolute Gasteiger partial charge is 0.444 e. The minimum absolute atomic E-state index is 0.106. The van der Waals surface area contributed by atoms with E-state index in [1.807, 2.05) is 43.6 Å². The van der Waals surface area contributed by atoms with Gasteiger partial charge in [0.05, 0.1) is 11.8 Å². The minimum Gasteiger partial charge on any atom is -0.444 e. The lowest BCUT2D eigenvalue weighted by atomic mass is 9.91. The van der Waals surface area contributed by atoms with Gasteiger partial charge >= 0.3 is 12.3 Å². The zero-order valence-corrected chi connectivity index (χ0v) is 24.6. The number of alkyl halides is 3. The topological polar surface area (TPSA) is 85.2 Å². The summed E-state index contributed by atoms with van der Waals surface area (Å²) in [4.78, 5) is 23.9. The third-order valence-corrected chi connectivity index (χ3v) is 8.64. The van der Waals surface area contributed by atoms with Crippen LogP contribution in [-0.2, 0) is 15.7 Å². The molecule has 1 spiro atoms. The van der Waals surface area contributed by atoms with Gasteiger partial charge in [0.15, 0.2) is 5.69 Å². The second-order valence-electron chi connectivity index (χ2n) is 12.2. The van der Waals surface area contributed by atoms with Crippen LogP contribution in [0.15, 0.2) is 17.2 Å². The molecule has 0 bridgehead atoms. The Balaban J connectivity index is 1.28. The van der Waals surface area contributed by atoms with Crippen molar-refractivity contribution in [1.29, 1.82) is 5.26 Å². The molecule has 1 aromatic heterocycles. The zero-order valence-electron chi connectivity index (χ0n) is 23.8. The van der Waals surface area contributed by atoms with E-state index in [0.717, 1.165) is 0 Å². The lowest BCUT2D eigenvalue weighted by Crippen LogP contribution is -2.64. The molecule has 4 aliphatic heterocycles. The van der Waals surface area contributed by atoms with Crippen molar-refractivity contribution in [3.8, 4) is 6.07 Å². The Hall–Kier alpha value is -2.75. The summed E-state index contributed by atoms with van der Waals surface area (Å²) in [6.07, 6.45) is -2.28. The van der Waals surface area contributed by atoms with Gasteiger partial charge in [-0.2, -0.15) is 18.4 Å². The monoisotopic (exact) mass is 596 g/mol. The molecule has 13 heteroatoms. The van der Waals surface area contributed by atoms with Gasteiger partial charge < -0.3 is 24.2 Å². The fourth-order valence-corrected chi connectivity index (χ4v) is 6.39. The number of hydrogen-bond acceptors (Lipinski definition) is 8. The number of pyridine rings is 1. The van der Waals surface area contributed by atoms with Crippen LogP contribution in [0, 0.1) is 11.3 Å². The van der Waals surface area contributed by atoms with Crippen molar-refractivity contribution in [1.82, 2.24) is 14.8 Å². The number of carbonyl (C=O) groups excluding carboxylic acids is 1. The first-order valence-electron chi connectivity index (χ1n) is 14.0. The van der Waals surface area contributed by atoms with Crippen molar-refractivity contribution in [2.24, 2.45) is 0 Å². The Bertz CT molecular complexity index is 1240. The minimum atomic E-state index is -4.77. The van der Waals surface area contributed by atoms with Gasteiger partial charge in [-0.05, 0) is 46.6 Å². The Morgan fingerprint density at radius 1 is 1.12 bits per heavy atom. The molecular weight excluding hydrogens is 561 g/mol. The van der Waals surface area contributed by atoms with Gasteiger partial charge in [0.1, 0.15) is 28.7 Å². The van der Waals surface area contributed by atoms with Crippen molar-refractivity contribution in [2.45, 2.75) is 70.1 Å². The highest BCUT2D eigenvalue weighted by Gasteiger charge is 2.45. The number of carbonyl (C=O) groups is 1. The predicted octanol–water partition coefficient (Wildman–Crippen LogP) is 4.59. The molecule has 0 radical (unpaired) electrons. The fraction of sp³-hybridized carbons (Fsp3) is 0.679. The average Bonchev–Trinajstić information content (AvgIpc) is 3.13. The second kappa shape index (κ2) is 10.8. The van der Waals surface area contributed by atoms with Crippen molar-refractivity contribution in [3.63, 3.8) is 0 Å². The molecule has 9 nitrogen and oxygen atoms in total. The maximum Gasteiger partial charge on any atom is 0.434 e. The SMILES string of the molecule is CC1C=C(Cl)C2(CCN(c3cc(N4CC(N5CCN(C(=O)OC(C)(C)C)CC5)C4)c(C#N)c(C(F)(F)F)n3)CC2)O1. The number of ether oxygens (including phenoxy) is 2. The zero-order chi connectivity index (χ0) is 29.7. The first kappa shape index (κ1) is 29.7. The number of halogens is 4. The lowest BCUT2D eigenvalue weighted by molar-refractivity contribution is -0.141. The number of nitriles is 1. The van der Waals surface area contributed by atoms with E-state index < -0.39 is 28.6 Å². The summed E-state index contributed by atoms with van der Waals surface area (Å²) < 4.78 is 53.9. The molecule has 3 fully saturated rings. The predicted molar refractivity (Wildman–Crippen MR) is 148 cm³/mol. The Morgan fingerprint density at radius 2 is 1.76 bits per heavy atom. The summed E-state index contributed by atoms with van der Waals surface area (Å²) in [5, 5.41) is 10.4. The summed E-state index contributed by atoms with van der Waals surface area (Å²) in [6, 6.07) is 3.49. The summed E-state index contributed by atoms with van der Waals surface area (Å²) in [5.41, 5.74) is -2.54. The van der Waals surface area contributed by atoms with Gasteiger partial charge in [-0.1, -0.05) is 11.6 Å². The van der Waals surface area contributed by atoms with Crippen molar-refractivity contribution in [3.05, 3.63) is 28.4 Å². The molecule has 0 saturated carbocycles. The number of amides is 1. The Labute approximate surface area is 243 Å². The molecule has 0 aromatic carbocycles. The van der Waals surface area contributed by atoms with E-state index in [1.165, 1.54) is 0 Å². The number of piperidine rings is 1. The number of rotatable bonds is 3. The standard InChI is InChI=1S/C28H36ClF3N6O3/c1-18-13-22(29)27(40-18)5-7-36(8-6-27)23-14-21(20(15-33)24(34-23)28(30,31)32)38-16-19(17-38)35-9-11-37(12-10-35)25(39)41-26(2,3)4/h13-14,18-19H,5-12,16-17H2,1-4H3. The fourth-order valence-electron chi connectivity index (χ4n) is 5.98. The molecule has 1 aromatic rings. The van der Waals surface area contributed by atoms with E-state index in [0.29, 0.717) is 70.2 Å². The highest BCUT2D eigenvalue weighted by Crippen LogP contribution is 2.44. The quantitative estimate of drug-likeness (QED) is 0.501. The van der Waals surface area contributed by atoms with E-state index in [2.05, 4.69) is 9.88 Å². The first-order valence-corrected chi connectivity index (χ1v) is 14.4. The highest BCUT2D eigenvalue weighted by atomic mass is 35.5.